The second kappa shape index (κ2) is 4.89. The second-order valence-electron chi connectivity index (χ2n) is 3.25. The van der Waals surface area contributed by atoms with Gasteiger partial charge in [0.05, 0.1) is 7.11 Å². The topological polar surface area (TPSA) is 9.23 Å². The van der Waals surface area contributed by atoms with Gasteiger partial charge >= 0.3 is 0 Å². The standard InChI is InChI=1S/C13H9BrClO/c1-16-13-5-3-2-4-10(13)11-8-9(15)6-7-12(11)14/h2-6,8H,1H3. The molecule has 0 saturated carbocycles. The molecule has 0 unspecified atom stereocenters. The minimum Gasteiger partial charge on any atom is -0.496 e. The first-order valence-electron chi connectivity index (χ1n) is 4.72. The van der Waals surface area contributed by atoms with Crippen LogP contribution in [0.15, 0.2) is 40.9 Å². The molecule has 0 bridgehead atoms. The fraction of sp³-hybridized carbons (Fsp3) is 0.0769. The van der Waals surface area contributed by atoms with Crippen LogP contribution in [0.4, 0.5) is 0 Å². The molecule has 0 saturated heterocycles. The van der Waals surface area contributed by atoms with Crippen molar-refractivity contribution in [2.45, 2.75) is 0 Å². The molecule has 0 spiro atoms. The fourth-order valence-corrected chi connectivity index (χ4v) is 2.12. The molecule has 0 N–H and O–H groups in total. The SMILES string of the molecule is COc1ccccc1-c1cc(Cl)c[c]c1Br. The summed E-state index contributed by atoms with van der Waals surface area (Å²) in [5, 5.41) is 0.657. The summed E-state index contributed by atoms with van der Waals surface area (Å²) >= 11 is 9.43. The summed E-state index contributed by atoms with van der Waals surface area (Å²) in [4.78, 5) is 0. The lowest BCUT2D eigenvalue weighted by atomic mass is 10.0. The lowest BCUT2D eigenvalue weighted by Gasteiger charge is -2.10. The third-order valence-corrected chi connectivity index (χ3v) is 3.13. The van der Waals surface area contributed by atoms with E-state index in [9.17, 15) is 0 Å². The summed E-state index contributed by atoms with van der Waals surface area (Å²) < 4.78 is 6.19. The van der Waals surface area contributed by atoms with Gasteiger partial charge in [-0.2, -0.15) is 0 Å². The summed E-state index contributed by atoms with van der Waals surface area (Å²) in [5.41, 5.74) is 1.97. The van der Waals surface area contributed by atoms with Gasteiger partial charge in [-0.05, 0) is 40.2 Å². The second-order valence-corrected chi connectivity index (χ2v) is 4.48. The smallest absolute Gasteiger partial charge is 0.126 e. The van der Waals surface area contributed by atoms with Crippen molar-refractivity contribution in [1.82, 2.24) is 0 Å². The zero-order valence-corrected chi connectivity index (χ0v) is 11.0. The Morgan fingerprint density at radius 2 is 2.00 bits per heavy atom. The number of rotatable bonds is 2. The van der Waals surface area contributed by atoms with Crippen LogP contribution < -0.4 is 4.74 Å². The van der Waals surface area contributed by atoms with Crippen LogP contribution in [-0.4, -0.2) is 7.11 Å². The van der Waals surface area contributed by atoms with Gasteiger partial charge in [-0.25, -0.2) is 0 Å². The van der Waals surface area contributed by atoms with Crippen molar-refractivity contribution in [2.24, 2.45) is 0 Å². The molecule has 2 aromatic rings. The van der Waals surface area contributed by atoms with Gasteiger partial charge in [0, 0.05) is 20.6 Å². The largest absolute Gasteiger partial charge is 0.496 e. The van der Waals surface area contributed by atoms with E-state index in [0.29, 0.717) is 5.02 Å². The van der Waals surface area contributed by atoms with Crippen molar-refractivity contribution in [1.29, 1.82) is 0 Å². The third-order valence-electron chi connectivity index (χ3n) is 2.25. The van der Waals surface area contributed by atoms with Crippen molar-refractivity contribution in [3.63, 3.8) is 0 Å². The Balaban J connectivity index is 2.62. The Bertz CT molecular complexity index is 511. The number of ether oxygens (including phenoxy) is 1. The van der Waals surface area contributed by atoms with Gasteiger partial charge in [0.25, 0.3) is 0 Å². The molecule has 0 heterocycles. The van der Waals surface area contributed by atoms with E-state index >= 15 is 0 Å². The van der Waals surface area contributed by atoms with Gasteiger partial charge < -0.3 is 4.74 Å². The van der Waals surface area contributed by atoms with Crippen molar-refractivity contribution in [3.8, 4) is 16.9 Å². The Kier molecular flexibility index (Phi) is 3.52. The maximum Gasteiger partial charge on any atom is 0.126 e. The maximum absolute atomic E-state index is 5.97. The zero-order valence-electron chi connectivity index (χ0n) is 8.63. The molecule has 0 atom stereocenters. The Hall–Kier alpha value is -0.990. The number of methoxy groups -OCH3 is 1. The molecule has 81 valence electrons. The Morgan fingerprint density at radius 3 is 2.75 bits per heavy atom. The first kappa shape index (κ1) is 11.5. The summed E-state index contributed by atoms with van der Waals surface area (Å²) in [7, 11) is 1.65. The predicted molar refractivity (Wildman–Crippen MR) is 70.0 cm³/mol. The molecule has 3 heteroatoms. The van der Waals surface area contributed by atoms with Crippen LogP contribution in [0.25, 0.3) is 11.1 Å². The fourth-order valence-electron chi connectivity index (χ4n) is 1.52. The van der Waals surface area contributed by atoms with Gasteiger partial charge in [-0.3, -0.25) is 0 Å². The molecular weight excluding hydrogens is 287 g/mol. The van der Waals surface area contributed by atoms with Crippen LogP contribution >= 0.6 is 27.5 Å². The van der Waals surface area contributed by atoms with Crippen molar-refractivity contribution >= 4 is 27.5 Å². The minimum absolute atomic E-state index is 0.657. The monoisotopic (exact) mass is 295 g/mol. The van der Waals surface area contributed by atoms with Crippen LogP contribution in [0.1, 0.15) is 0 Å². The van der Waals surface area contributed by atoms with E-state index in [4.69, 9.17) is 16.3 Å². The molecule has 0 aliphatic rings. The molecule has 0 aromatic heterocycles. The van der Waals surface area contributed by atoms with E-state index in [2.05, 4.69) is 22.0 Å². The first-order valence-corrected chi connectivity index (χ1v) is 5.89. The number of hydrogen-bond donors (Lipinski definition) is 0. The summed E-state index contributed by atoms with van der Waals surface area (Å²) in [6.07, 6.45) is 0. The molecule has 0 amide bonds. The molecule has 0 aliphatic carbocycles. The lowest BCUT2D eigenvalue weighted by molar-refractivity contribution is 0.416. The highest BCUT2D eigenvalue weighted by Gasteiger charge is 2.08. The van der Waals surface area contributed by atoms with E-state index < -0.39 is 0 Å². The van der Waals surface area contributed by atoms with Gasteiger partial charge in [0.2, 0.25) is 0 Å². The molecule has 2 rings (SSSR count). The van der Waals surface area contributed by atoms with E-state index in [-0.39, 0.29) is 0 Å². The average molecular weight is 297 g/mol. The van der Waals surface area contributed by atoms with Crippen LogP contribution in [0.5, 0.6) is 5.75 Å². The summed E-state index contributed by atoms with van der Waals surface area (Å²) in [6.45, 7) is 0. The normalized spacial score (nSPS) is 10.2. The highest BCUT2D eigenvalue weighted by atomic mass is 79.9. The quantitative estimate of drug-likeness (QED) is 0.788. The van der Waals surface area contributed by atoms with E-state index in [0.717, 1.165) is 21.3 Å². The van der Waals surface area contributed by atoms with E-state index in [1.54, 1.807) is 13.2 Å². The average Bonchev–Trinajstić information content (AvgIpc) is 2.32. The molecule has 1 nitrogen and oxygen atoms in total. The van der Waals surface area contributed by atoms with Crippen LogP contribution in [0.2, 0.25) is 5.02 Å². The van der Waals surface area contributed by atoms with Crippen LogP contribution in [0.3, 0.4) is 0 Å². The van der Waals surface area contributed by atoms with E-state index in [1.807, 2.05) is 30.3 Å². The molecule has 0 fully saturated rings. The van der Waals surface area contributed by atoms with E-state index in [1.165, 1.54) is 0 Å². The van der Waals surface area contributed by atoms with Gasteiger partial charge in [0.1, 0.15) is 5.75 Å². The molecule has 1 radical (unpaired) electrons. The molecule has 2 aromatic carbocycles. The zero-order chi connectivity index (χ0) is 11.5. The minimum atomic E-state index is 0.657. The number of para-hydroxylation sites is 1. The third kappa shape index (κ3) is 2.23. The van der Waals surface area contributed by atoms with Gasteiger partial charge in [-0.15, -0.1) is 0 Å². The Morgan fingerprint density at radius 1 is 1.25 bits per heavy atom. The molecule has 0 aliphatic heterocycles. The van der Waals surface area contributed by atoms with Crippen LogP contribution in [-0.2, 0) is 0 Å². The number of benzene rings is 2. The summed E-state index contributed by atoms with van der Waals surface area (Å²) in [6, 6.07) is 14.5. The van der Waals surface area contributed by atoms with Crippen molar-refractivity contribution < 1.29 is 4.74 Å². The first-order chi connectivity index (χ1) is 7.72. The predicted octanol–water partition coefficient (Wildman–Crippen LogP) is 4.58. The lowest BCUT2D eigenvalue weighted by Crippen LogP contribution is -1.88. The Labute approximate surface area is 108 Å². The van der Waals surface area contributed by atoms with Crippen molar-refractivity contribution in [3.05, 3.63) is 52.0 Å². The number of halogens is 2. The highest BCUT2D eigenvalue weighted by Crippen LogP contribution is 2.35. The highest BCUT2D eigenvalue weighted by molar-refractivity contribution is 9.10. The van der Waals surface area contributed by atoms with Crippen LogP contribution in [0, 0.1) is 6.07 Å². The molecular formula is C13H9BrClO. The van der Waals surface area contributed by atoms with Crippen molar-refractivity contribution in [2.75, 3.05) is 7.11 Å². The summed E-state index contributed by atoms with van der Waals surface area (Å²) in [5.74, 6) is 0.818. The van der Waals surface area contributed by atoms with Gasteiger partial charge in [0.15, 0.2) is 0 Å². The van der Waals surface area contributed by atoms with Gasteiger partial charge in [-0.1, -0.05) is 29.8 Å². The molecule has 16 heavy (non-hydrogen) atoms. The number of hydrogen-bond acceptors (Lipinski definition) is 1. The maximum atomic E-state index is 5.97.